The van der Waals surface area contributed by atoms with E-state index in [1.807, 2.05) is 6.20 Å². The van der Waals surface area contributed by atoms with E-state index in [2.05, 4.69) is 52.6 Å². The second-order valence-electron chi connectivity index (χ2n) is 9.20. The number of aryl methyl sites for hydroxylation is 1. The maximum atomic E-state index is 13.0. The number of nitrogens with zero attached hydrogens (tertiary/aromatic N) is 4. The second kappa shape index (κ2) is 7.46. The van der Waals surface area contributed by atoms with Crippen molar-refractivity contribution in [3.63, 3.8) is 0 Å². The molecule has 150 valence electrons. The zero-order valence-electron chi connectivity index (χ0n) is 17.3. The summed E-state index contributed by atoms with van der Waals surface area (Å²) in [6.45, 7) is 10.7. The summed E-state index contributed by atoms with van der Waals surface area (Å²) in [6, 6.07) is 2.48. The Morgan fingerprint density at radius 2 is 1.89 bits per heavy atom. The van der Waals surface area contributed by atoms with Crippen molar-refractivity contribution in [3.8, 4) is 0 Å². The molecule has 4 rings (SSSR count). The topological polar surface area (TPSA) is 53.4 Å². The molecule has 3 aliphatic rings. The molecule has 0 saturated carbocycles. The maximum Gasteiger partial charge on any atom is 0.317 e. The standard InChI is InChI=1S/C21H35N5O/c1-14(2)25-18-7-8-19(25)13-24(10-9-18)21(27)23-17-6-5-16-12-22-26(15(3)4)20(16)11-17/h12,14-15,17-19H,5-11,13H2,1-4H3,(H,23,27). The fourth-order valence-electron chi connectivity index (χ4n) is 5.49. The Morgan fingerprint density at radius 3 is 2.63 bits per heavy atom. The maximum absolute atomic E-state index is 13.0. The molecule has 2 aliphatic heterocycles. The number of aromatic nitrogens is 2. The highest BCUT2D eigenvalue weighted by Gasteiger charge is 2.39. The lowest BCUT2D eigenvalue weighted by Crippen LogP contribution is -2.50. The normalized spacial score (nSPS) is 28.5. The molecule has 1 aliphatic carbocycles. The minimum atomic E-state index is 0.135. The molecule has 2 bridgehead atoms. The van der Waals surface area contributed by atoms with Crippen molar-refractivity contribution < 1.29 is 4.79 Å². The molecule has 1 N–H and O–H groups in total. The molecule has 0 aromatic carbocycles. The molecule has 2 saturated heterocycles. The van der Waals surface area contributed by atoms with Crippen molar-refractivity contribution in [1.82, 2.24) is 24.9 Å². The Morgan fingerprint density at radius 1 is 1.11 bits per heavy atom. The van der Waals surface area contributed by atoms with Crippen LogP contribution in [0, 0.1) is 0 Å². The van der Waals surface area contributed by atoms with Crippen molar-refractivity contribution in [2.75, 3.05) is 13.1 Å². The van der Waals surface area contributed by atoms with Crippen LogP contribution < -0.4 is 5.32 Å². The summed E-state index contributed by atoms with van der Waals surface area (Å²) in [4.78, 5) is 17.7. The van der Waals surface area contributed by atoms with Gasteiger partial charge < -0.3 is 10.2 Å². The van der Waals surface area contributed by atoms with Crippen LogP contribution in [0.3, 0.4) is 0 Å². The van der Waals surface area contributed by atoms with Gasteiger partial charge in [-0.3, -0.25) is 9.58 Å². The highest BCUT2D eigenvalue weighted by atomic mass is 16.2. The van der Waals surface area contributed by atoms with Gasteiger partial charge in [-0.05, 0) is 65.4 Å². The number of nitrogens with one attached hydrogen (secondary N) is 1. The van der Waals surface area contributed by atoms with E-state index in [-0.39, 0.29) is 12.1 Å². The fourth-order valence-corrected chi connectivity index (χ4v) is 5.49. The van der Waals surface area contributed by atoms with E-state index in [1.54, 1.807) is 0 Å². The van der Waals surface area contributed by atoms with Crippen LogP contribution in [0.1, 0.15) is 70.7 Å². The SMILES string of the molecule is CC(C)N1C2CCC1CN(C(=O)NC1CCc3cnn(C(C)C)c3C1)CC2. The van der Waals surface area contributed by atoms with Gasteiger partial charge in [-0.1, -0.05) is 0 Å². The van der Waals surface area contributed by atoms with Gasteiger partial charge in [-0.2, -0.15) is 5.10 Å². The Kier molecular flexibility index (Phi) is 5.19. The van der Waals surface area contributed by atoms with Crippen LogP contribution in [0.25, 0.3) is 0 Å². The van der Waals surface area contributed by atoms with Crippen molar-refractivity contribution >= 4 is 6.03 Å². The monoisotopic (exact) mass is 373 g/mol. The van der Waals surface area contributed by atoms with Gasteiger partial charge in [0, 0.05) is 55.4 Å². The van der Waals surface area contributed by atoms with Gasteiger partial charge >= 0.3 is 6.03 Å². The predicted molar refractivity (Wildman–Crippen MR) is 107 cm³/mol. The summed E-state index contributed by atoms with van der Waals surface area (Å²) in [5.74, 6) is 0. The summed E-state index contributed by atoms with van der Waals surface area (Å²) < 4.78 is 2.12. The molecule has 6 nitrogen and oxygen atoms in total. The Bertz CT molecular complexity index is 682. The van der Waals surface area contributed by atoms with Crippen LogP contribution in [0.4, 0.5) is 4.79 Å². The fraction of sp³-hybridized carbons (Fsp3) is 0.810. The second-order valence-corrected chi connectivity index (χ2v) is 9.20. The smallest absolute Gasteiger partial charge is 0.317 e. The quantitative estimate of drug-likeness (QED) is 0.886. The molecule has 6 heteroatoms. The van der Waals surface area contributed by atoms with Gasteiger partial charge in [0.2, 0.25) is 0 Å². The lowest BCUT2D eigenvalue weighted by molar-refractivity contribution is 0.146. The number of hydrogen-bond acceptors (Lipinski definition) is 3. The minimum Gasteiger partial charge on any atom is -0.335 e. The largest absolute Gasteiger partial charge is 0.335 e. The van der Waals surface area contributed by atoms with E-state index in [4.69, 9.17) is 0 Å². The summed E-state index contributed by atoms with van der Waals surface area (Å²) in [6.07, 6.45) is 8.57. The number of urea groups is 1. The van der Waals surface area contributed by atoms with Crippen molar-refractivity contribution in [3.05, 3.63) is 17.5 Å². The first-order valence-corrected chi connectivity index (χ1v) is 10.8. The predicted octanol–water partition coefficient (Wildman–Crippen LogP) is 2.98. The number of rotatable bonds is 3. The van der Waals surface area contributed by atoms with E-state index in [0.717, 1.165) is 38.8 Å². The number of carbonyl (C=O) groups is 1. The van der Waals surface area contributed by atoms with Crippen LogP contribution in [0.15, 0.2) is 6.20 Å². The van der Waals surface area contributed by atoms with Crippen LogP contribution in [-0.2, 0) is 12.8 Å². The van der Waals surface area contributed by atoms with E-state index < -0.39 is 0 Å². The molecule has 0 radical (unpaired) electrons. The molecule has 27 heavy (non-hydrogen) atoms. The number of fused-ring (bicyclic) bond motifs is 3. The molecular weight excluding hydrogens is 338 g/mol. The molecule has 2 fully saturated rings. The first-order chi connectivity index (χ1) is 12.9. The highest BCUT2D eigenvalue weighted by Crippen LogP contribution is 2.32. The third-order valence-corrected chi connectivity index (χ3v) is 6.73. The third kappa shape index (κ3) is 3.60. The number of likely N-dealkylation sites (tertiary alicyclic amines) is 1. The van der Waals surface area contributed by atoms with Crippen LogP contribution in [0.2, 0.25) is 0 Å². The zero-order valence-corrected chi connectivity index (χ0v) is 17.3. The zero-order chi connectivity index (χ0) is 19.1. The molecule has 1 aromatic heterocycles. The molecule has 3 unspecified atom stereocenters. The first-order valence-electron chi connectivity index (χ1n) is 10.8. The molecule has 1 aromatic rings. The van der Waals surface area contributed by atoms with Gasteiger partial charge in [0.05, 0.1) is 6.20 Å². The summed E-state index contributed by atoms with van der Waals surface area (Å²) in [7, 11) is 0. The molecule has 3 atom stereocenters. The Balaban J connectivity index is 1.39. The average molecular weight is 374 g/mol. The molecule has 3 heterocycles. The van der Waals surface area contributed by atoms with E-state index in [1.165, 1.54) is 24.1 Å². The molecular formula is C21H35N5O. The highest BCUT2D eigenvalue weighted by molar-refractivity contribution is 5.74. The summed E-state index contributed by atoms with van der Waals surface area (Å²) >= 11 is 0. The summed E-state index contributed by atoms with van der Waals surface area (Å²) in [5, 5.41) is 7.90. The van der Waals surface area contributed by atoms with Gasteiger partial charge in [0.1, 0.15) is 0 Å². The number of carbonyl (C=O) groups excluding carboxylic acids is 1. The van der Waals surface area contributed by atoms with Crippen molar-refractivity contribution in [2.45, 2.75) is 96.4 Å². The van der Waals surface area contributed by atoms with Gasteiger partial charge in [0.25, 0.3) is 0 Å². The first kappa shape index (κ1) is 18.8. The van der Waals surface area contributed by atoms with E-state index >= 15 is 0 Å². The lowest BCUT2D eigenvalue weighted by Gasteiger charge is -2.33. The van der Waals surface area contributed by atoms with Crippen molar-refractivity contribution in [2.24, 2.45) is 0 Å². The number of amides is 2. The third-order valence-electron chi connectivity index (χ3n) is 6.73. The van der Waals surface area contributed by atoms with Gasteiger partial charge in [0.15, 0.2) is 0 Å². The average Bonchev–Trinajstić information content (AvgIpc) is 3.14. The van der Waals surface area contributed by atoms with Crippen LogP contribution >= 0.6 is 0 Å². The molecule has 2 amide bonds. The van der Waals surface area contributed by atoms with E-state index in [9.17, 15) is 4.79 Å². The van der Waals surface area contributed by atoms with Crippen molar-refractivity contribution in [1.29, 1.82) is 0 Å². The molecule has 0 spiro atoms. The van der Waals surface area contributed by atoms with E-state index in [0.29, 0.717) is 24.2 Å². The Labute approximate surface area is 163 Å². The van der Waals surface area contributed by atoms with Crippen LogP contribution in [-0.4, -0.2) is 62.9 Å². The Hall–Kier alpha value is -1.56. The van der Waals surface area contributed by atoms with Gasteiger partial charge in [-0.15, -0.1) is 0 Å². The lowest BCUT2D eigenvalue weighted by atomic mass is 9.93. The minimum absolute atomic E-state index is 0.135. The van der Waals surface area contributed by atoms with Gasteiger partial charge in [-0.25, -0.2) is 4.79 Å². The van der Waals surface area contributed by atoms with Crippen LogP contribution in [0.5, 0.6) is 0 Å². The summed E-state index contributed by atoms with van der Waals surface area (Å²) in [5.41, 5.74) is 2.66. The number of hydrogen-bond donors (Lipinski definition) is 1.